The van der Waals surface area contributed by atoms with E-state index in [0.717, 1.165) is 11.2 Å². The molecule has 0 aromatic heterocycles. The van der Waals surface area contributed by atoms with Gasteiger partial charge in [0.1, 0.15) is 9.84 Å². The smallest absolute Gasteiger partial charge is 0.264 e. The number of carbonyl (C=O) groups excluding carboxylic acids is 3. The van der Waals surface area contributed by atoms with Crippen LogP contribution in [0, 0.1) is 0 Å². The zero-order chi connectivity index (χ0) is 29.6. The number of nitrogens with zero attached hydrogens (tertiary/aromatic N) is 1. The molecule has 1 aliphatic rings. The fourth-order valence-electron chi connectivity index (χ4n) is 4.67. The lowest BCUT2D eigenvalue weighted by Gasteiger charge is -2.27. The zero-order valence-electron chi connectivity index (χ0n) is 23.0. The average molecular weight is 597 g/mol. The number of anilines is 1. The van der Waals surface area contributed by atoms with Gasteiger partial charge in [-0.05, 0) is 55.5 Å². The summed E-state index contributed by atoms with van der Waals surface area (Å²) < 4.78 is 48.6. The van der Waals surface area contributed by atoms with E-state index in [-0.39, 0.29) is 34.2 Å². The first kappa shape index (κ1) is 31.3. The summed E-state index contributed by atoms with van der Waals surface area (Å²) in [7, 11) is -2.25. The Balaban J connectivity index is 2.18. The molecule has 2 aromatic rings. The minimum Gasteiger partial charge on any atom is -0.493 e. The van der Waals surface area contributed by atoms with Crippen LogP contribution in [0.5, 0.6) is 11.5 Å². The summed E-state index contributed by atoms with van der Waals surface area (Å²) in [4.78, 5) is 41.1. The third kappa shape index (κ3) is 6.93. The second kappa shape index (κ2) is 13.5. The second-order valence-electron chi connectivity index (χ2n) is 9.48. The third-order valence-electron chi connectivity index (χ3n) is 6.54. The molecule has 1 atom stereocenters. The van der Waals surface area contributed by atoms with Gasteiger partial charge in [0.15, 0.2) is 11.5 Å². The second-order valence-corrected chi connectivity index (χ2v) is 12.1. The number of hydrogen-bond acceptors (Lipinski definition) is 7. The minimum absolute atomic E-state index is 0.00804. The maximum Gasteiger partial charge on any atom is 0.264 e. The average Bonchev–Trinajstić information content (AvgIpc) is 3.17. The molecule has 0 radical (unpaired) electrons. The van der Waals surface area contributed by atoms with Crippen LogP contribution in [0.2, 0.25) is 5.02 Å². The van der Waals surface area contributed by atoms with Crippen molar-refractivity contribution in [3.8, 4) is 11.5 Å². The zero-order valence-corrected chi connectivity index (χ0v) is 24.6. The van der Waals surface area contributed by atoms with Gasteiger partial charge in [-0.1, -0.05) is 31.0 Å². The highest BCUT2D eigenvalue weighted by Crippen LogP contribution is 2.42. The SMILES string of the molecule is CCOc1cc([C@@H](CS(C)(=O)=O)N2C(=O)c3c(Cl)cc(CCCCCF)c(NC(=O)CC)c3C2=O)ccc1OC. The molecule has 1 N–H and O–H groups in total. The lowest BCUT2D eigenvalue weighted by Crippen LogP contribution is -2.38. The molecule has 0 fully saturated rings. The normalized spacial score (nSPS) is 13.8. The van der Waals surface area contributed by atoms with Crippen molar-refractivity contribution in [3.63, 3.8) is 0 Å². The van der Waals surface area contributed by atoms with Crippen molar-refractivity contribution in [2.24, 2.45) is 0 Å². The van der Waals surface area contributed by atoms with Crippen LogP contribution >= 0.6 is 11.6 Å². The highest BCUT2D eigenvalue weighted by Gasteiger charge is 2.45. The molecule has 0 saturated carbocycles. The molecule has 3 rings (SSSR count). The monoisotopic (exact) mass is 596 g/mol. The van der Waals surface area contributed by atoms with Gasteiger partial charge in [-0.15, -0.1) is 0 Å². The Morgan fingerprint density at radius 3 is 2.38 bits per heavy atom. The Kier molecular flexibility index (Phi) is 10.5. The molecule has 218 valence electrons. The molecule has 0 unspecified atom stereocenters. The van der Waals surface area contributed by atoms with Gasteiger partial charge >= 0.3 is 0 Å². The number of ether oxygens (including phenoxy) is 2. The van der Waals surface area contributed by atoms with Crippen LogP contribution in [-0.4, -0.2) is 63.4 Å². The number of halogens is 2. The van der Waals surface area contributed by atoms with Crippen molar-refractivity contribution >= 4 is 44.8 Å². The van der Waals surface area contributed by atoms with Crippen molar-refractivity contribution in [2.45, 2.75) is 52.0 Å². The molecule has 2 aromatic carbocycles. The van der Waals surface area contributed by atoms with Crippen molar-refractivity contribution in [3.05, 3.63) is 51.5 Å². The standard InChI is InChI=1S/C28H34ClFN2O7S/c1-5-23(33)31-26-18(10-8-7-9-13-30)14-19(29)24-25(26)28(35)32(27(24)34)20(16-40(4,36)37)17-11-12-21(38-3)22(15-17)39-6-2/h11-12,14-15,20H,5-10,13,16H2,1-4H3,(H,31,33)/t20-/m1/s1. The fraction of sp³-hybridized carbons (Fsp3) is 0.464. The van der Waals surface area contributed by atoms with Crippen LogP contribution in [0.3, 0.4) is 0 Å². The molecule has 0 saturated heterocycles. The number of aryl methyl sites for hydroxylation is 1. The van der Waals surface area contributed by atoms with E-state index in [1.807, 2.05) is 0 Å². The van der Waals surface area contributed by atoms with Gasteiger partial charge in [-0.25, -0.2) is 8.42 Å². The van der Waals surface area contributed by atoms with Gasteiger partial charge in [0, 0.05) is 12.7 Å². The van der Waals surface area contributed by atoms with Gasteiger partial charge in [-0.3, -0.25) is 23.7 Å². The van der Waals surface area contributed by atoms with Gasteiger partial charge in [0.2, 0.25) is 5.91 Å². The first-order chi connectivity index (χ1) is 19.0. The number of unbranched alkanes of at least 4 members (excludes halogenated alkanes) is 2. The van der Waals surface area contributed by atoms with E-state index in [0.29, 0.717) is 54.9 Å². The Bertz CT molecular complexity index is 1400. The van der Waals surface area contributed by atoms with Gasteiger partial charge in [-0.2, -0.15) is 0 Å². The number of benzene rings is 2. The Hall–Kier alpha value is -3.18. The highest BCUT2D eigenvalue weighted by atomic mass is 35.5. The van der Waals surface area contributed by atoms with E-state index in [2.05, 4.69) is 5.32 Å². The maximum absolute atomic E-state index is 14.0. The summed E-state index contributed by atoms with van der Waals surface area (Å²) in [5.74, 6) is -1.76. The van der Waals surface area contributed by atoms with E-state index in [1.165, 1.54) is 13.2 Å². The van der Waals surface area contributed by atoms with E-state index >= 15 is 0 Å². The number of carbonyl (C=O) groups is 3. The van der Waals surface area contributed by atoms with Gasteiger partial charge in [0.25, 0.3) is 11.8 Å². The predicted molar refractivity (Wildman–Crippen MR) is 151 cm³/mol. The summed E-state index contributed by atoms with van der Waals surface area (Å²) in [6.45, 7) is 3.26. The van der Waals surface area contributed by atoms with Crippen LogP contribution in [0.1, 0.15) is 77.4 Å². The largest absolute Gasteiger partial charge is 0.493 e. The molecule has 9 nitrogen and oxygen atoms in total. The summed E-state index contributed by atoms with van der Waals surface area (Å²) >= 11 is 6.55. The molecular formula is C28H34ClFN2O7S. The number of alkyl halides is 1. The van der Waals surface area contributed by atoms with Crippen LogP contribution in [0.25, 0.3) is 0 Å². The van der Waals surface area contributed by atoms with Crippen molar-refractivity contribution < 1.29 is 36.7 Å². The van der Waals surface area contributed by atoms with E-state index in [1.54, 1.807) is 32.0 Å². The summed E-state index contributed by atoms with van der Waals surface area (Å²) in [6, 6.07) is 4.99. The highest BCUT2D eigenvalue weighted by molar-refractivity contribution is 7.90. The molecular weight excluding hydrogens is 563 g/mol. The number of methoxy groups -OCH3 is 1. The van der Waals surface area contributed by atoms with Gasteiger partial charge < -0.3 is 14.8 Å². The molecule has 0 bridgehead atoms. The fourth-order valence-corrected chi connectivity index (χ4v) is 5.89. The number of fused-ring (bicyclic) bond motifs is 1. The van der Waals surface area contributed by atoms with Crippen LogP contribution in [-0.2, 0) is 21.1 Å². The molecule has 0 spiro atoms. The number of amides is 3. The minimum atomic E-state index is -3.70. The van der Waals surface area contributed by atoms with Crippen LogP contribution < -0.4 is 14.8 Å². The van der Waals surface area contributed by atoms with E-state index in [4.69, 9.17) is 21.1 Å². The van der Waals surface area contributed by atoms with Gasteiger partial charge in [0.05, 0.1) is 54.0 Å². The molecule has 0 aliphatic carbocycles. The number of hydrogen-bond donors (Lipinski definition) is 1. The molecule has 1 aliphatic heterocycles. The number of nitrogens with one attached hydrogen (secondary N) is 1. The van der Waals surface area contributed by atoms with Crippen molar-refractivity contribution in [1.29, 1.82) is 0 Å². The predicted octanol–water partition coefficient (Wildman–Crippen LogP) is 5.16. The lowest BCUT2D eigenvalue weighted by atomic mass is 9.97. The van der Waals surface area contributed by atoms with Crippen molar-refractivity contribution in [2.75, 3.05) is 37.7 Å². The van der Waals surface area contributed by atoms with E-state index < -0.39 is 40.1 Å². The summed E-state index contributed by atoms with van der Waals surface area (Å²) in [6.07, 6.45) is 3.05. The summed E-state index contributed by atoms with van der Waals surface area (Å²) in [5.41, 5.74) is 0.843. The molecule has 12 heteroatoms. The lowest BCUT2D eigenvalue weighted by molar-refractivity contribution is -0.115. The molecule has 40 heavy (non-hydrogen) atoms. The number of sulfone groups is 1. The number of rotatable bonds is 14. The summed E-state index contributed by atoms with van der Waals surface area (Å²) in [5, 5.41) is 2.75. The topological polar surface area (TPSA) is 119 Å². The van der Waals surface area contributed by atoms with Crippen LogP contribution in [0.4, 0.5) is 10.1 Å². The Morgan fingerprint density at radius 1 is 1.07 bits per heavy atom. The Morgan fingerprint density at radius 2 is 1.77 bits per heavy atom. The quantitative estimate of drug-likeness (QED) is 0.236. The maximum atomic E-state index is 14.0. The van der Waals surface area contributed by atoms with Crippen LogP contribution in [0.15, 0.2) is 24.3 Å². The Labute approximate surface area is 238 Å². The van der Waals surface area contributed by atoms with Crippen molar-refractivity contribution in [1.82, 2.24) is 4.90 Å². The van der Waals surface area contributed by atoms with E-state index in [9.17, 15) is 27.2 Å². The first-order valence-corrected chi connectivity index (χ1v) is 15.5. The first-order valence-electron chi connectivity index (χ1n) is 13.0. The number of imide groups is 1. The third-order valence-corrected chi connectivity index (χ3v) is 7.76. The molecule has 3 amide bonds. The molecule has 1 heterocycles.